The third-order valence-electron chi connectivity index (χ3n) is 3.38. The Morgan fingerprint density at radius 3 is 2.81 bits per heavy atom. The number of rotatable bonds is 2. The molecule has 0 saturated heterocycles. The highest BCUT2D eigenvalue weighted by Gasteiger charge is 2.32. The molecule has 0 N–H and O–H groups in total. The highest BCUT2D eigenvalue weighted by molar-refractivity contribution is 6.41. The fourth-order valence-corrected chi connectivity index (χ4v) is 2.58. The molecule has 2 aromatic rings. The number of likely N-dealkylation sites (N-methyl/N-ethyl adjacent to an activating group) is 1. The van der Waals surface area contributed by atoms with Crippen molar-refractivity contribution in [3.05, 3.63) is 65.0 Å². The average molecular weight is 299 g/mol. The van der Waals surface area contributed by atoms with Gasteiger partial charge in [-0.3, -0.25) is 14.6 Å². The average Bonchev–Trinajstić information content (AvgIpc) is 2.74. The summed E-state index contributed by atoms with van der Waals surface area (Å²) >= 11 is 6.18. The maximum atomic E-state index is 12.3. The van der Waals surface area contributed by atoms with Crippen molar-refractivity contribution in [2.24, 2.45) is 0 Å². The van der Waals surface area contributed by atoms with Gasteiger partial charge >= 0.3 is 0 Å². The van der Waals surface area contributed by atoms with Crippen molar-refractivity contribution in [2.45, 2.75) is 0 Å². The van der Waals surface area contributed by atoms with Gasteiger partial charge in [0.1, 0.15) is 0 Å². The Balaban J connectivity index is 2.10. The number of amides is 1. The number of hydrogen-bond acceptors (Lipinski definition) is 3. The molecule has 2 heterocycles. The lowest BCUT2D eigenvalue weighted by molar-refractivity contribution is -0.112. The molecule has 4 nitrogen and oxygen atoms in total. The summed E-state index contributed by atoms with van der Waals surface area (Å²) in [4.78, 5) is 30.0. The van der Waals surface area contributed by atoms with E-state index < -0.39 is 0 Å². The van der Waals surface area contributed by atoms with Gasteiger partial charge in [0.2, 0.25) is 0 Å². The van der Waals surface area contributed by atoms with Crippen molar-refractivity contribution in [3.8, 4) is 0 Å². The number of aromatic nitrogens is 1. The molecule has 1 amide bonds. The molecule has 0 fully saturated rings. The fourth-order valence-electron chi connectivity index (χ4n) is 2.31. The second kappa shape index (κ2) is 5.14. The molecule has 0 atom stereocenters. The molecule has 0 unspecified atom stereocenters. The van der Waals surface area contributed by atoms with Gasteiger partial charge in [0.25, 0.3) is 5.91 Å². The summed E-state index contributed by atoms with van der Waals surface area (Å²) in [6, 6.07) is 8.61. The Bertz CT molecular complexity index is 769. The predicted octanol–water partition coefficient (Wildman–Crippen LogP) is 2.98. The Morgan fingerprint density at radius 2 is 2.10 bits per heavy atom. The first-order chi connectivity index (χ1) is 10.1. The van der Waals surface area contributed by atoms with E-state index in [4.69, 9.17) is 11.6 Å². The summed E-state index contributed by atoms with van der Waals surface area (Å²) in [7, 11) is 1.66. The first kappa shape index (κ1) is 13.5. The third-order valence-corrected chi connectivity index (χ3v) is 3.69. The molecule has 104 valence electrons. The summed E-state index contributed by atoms with van der Waals surface area (Å²) in [5.41, 5.74) is 2.05. The molecule has 1 aliphatic rings. The molecule has 3 rings (SSSR count). The molecule has 0 saturated carbocycles. The third kappa shape index (κ3) is 2.23. The van der Waals surface area contributed by atoms with Gasteiger partial charge in [-0.25, -0.2) is 0 Å². The Labute approximate surface area is 126 Å². The second-order valence-electron chi connectivity index (χ2n) is 4.66. The molecule has 0 bridgehead atoms. The highest BCUT2D eigenvalue weighted by atomic mass is 35.5. The summed E-state index contributed by atoms with van der Waals surface area (Å²) in [6.07, 6.45) is 4.38. The molecule has 5 heteroatoms. The van der Waals surface area contributed by atoms with Gasteiger partial charge in [0.05, 0.1) is 16.3 Å². The van der Waals surface area contributed by atoms with Gasteiger partial charge < -0.3 is 4.90 Å². The van der Waals surface area contributed by atoms with Gasteiger partial charge in [0.15, 0.2) is 5.78 Å². The van der Waals surface area contributed by atoms with E-state index in [9.17, 15) is 9.59 Å². The fraction of sp³-hybridized carbons (Fsp3) is 0.0625. The summed E-state index contributed by atoms with van der Waals surface area (Å²) in [5.74, 6) is -0.511. The lowest BCUT2D eigenvalue weighted by atomic mass is 10.0. The number of allylic oxidation sites excluding steroid dienone is 1. The van der Waals surface area contributed by atoms with Crippen LogP contribution in [-0.4, -0.2) is 23.7 Å². The standard InChI is InChI=1S/C16H11ClN2O2/c1-19-13-6-2-5-12(17)15(13)11(16(19)21)8-14(20)10-4-3-7-18-9-10/h2-9H,1H3/b11-8-. The SMILES string of the molecule is CN1C(=O)/C(=C\C(=O)c2cccnc2)c2c(Cl)cccc21. The first-order valence-electron chi connectivity index (χ1n) is 6.32. The molecule has 0 aliphatic carbocycles. The minimum atomic E-state index is -0.271. The number of carbonyl (C=O) groups excluding carboxylic acids is 2. The van der Waals surface area contributed by atoms with E-state index in [-0.39, 0.29) is 11.7 Å². The molecule has 0 radical (unpaired) electrons. The lowest BCUT2D eigenvalue weighted by Crippen LogP contribution is -2.20. The van der Waals surface area contributed by atoms with Crippen molar-refractivity contribution < 1.29 is 9.59 Å². The molecule has 1 aromatic carbocycles. The number of hydrogen-bond donors (Lipinski definition) is 0. The van der Waals surface area contributed by atoms with Crippen molar-refractivity contribution in [1.82, 2.24) is 4.98 Å². The Morgan fingerprint density at radius 1 is 1.29 bits per heavy atom. The number of nitrogens with zero attached hydrogens (tertiary/aromatic N) is 2. The van der Waals surface area contributed by atoms with Crippen LogP contribution in [0.25, 0.3) is 5.57 Å². The smallest absolute Gasteiger partial charge is 0.258 e. The quantitative estimate of drug-likeness (QED) is 0.632. The van der Waals surface area contributed by atoms with Gasteiger partial charge in [-0.15, -0.1) is 0 Å². The number of fused-ring (bicyclic) bond motifs is 1. The molecule has 1 aliphatic heterocycles. The molecular weight excluding hydrogens is 288 g/mol. The highest BCUT2D eigenvalue weighted by Crippen LogP contribution is 2.40. The van der Waals surface area contributed by atoms with Gasteiger partial charge in [-0.2, -0.15) is 0 Å². The molecule has 1 aromatic heterocycles. The van der Waals surface area contributed by atoms with Crippen molar-refractivity contribution in [3.63, 3.8) is 0 Å². The normalized spacial score (nSPS) is 15.4. The zero-order valence-electron chi connectivity index (χ0n) is 11.2. The van der Waals surface area contributed by atoms with E-state index in [0.29, 0.717) is 27.4 Å². The number of pyridine rings is 1. The van der Waals surface area contributed by atoms with E-state index in [1.807, 2.05) is 0 Å². The van der Waals surface area contributed by atoms with E-state index in [2.05, 4.69) is 4.98 Å². The van der Waals surface area contributed by atoms with E-state index in [1.165, 1.54) is 17.2 Å². The van der Waals surface area contributed by atoms with Crippen LogP contribution in [0.3, 0.4) is 0 Å². The minimum absolute atomic E-state index is 0.240. The topological polar surface area (TPSA) is 50.3 Å². The van der Waals surface area contributed by atoms with E-state index in [0.717, 1.165) is 0 Å². The Hall–Kier alpha value is -2.46. The molecular formula is C16H11ClN2O2. The summed E-state index contributed by atoms with van der Waals surface area (Å²) < 4.78 is 0. The first-order valence-corrected chi connectivity index (χ1v) is 6.70. The maximum Gasteiger partial charge on any atom is 0.258 e. The van der Waals surface area contributed by atoms with Crippen LogP contribution in [0.1, 0.15) is 15.9 Å². The number of carbonyl (C=O) groups is 2. The van der Waals surface area contributed by atoms with Crippen LogP contribution in [0, 0.1) is 0 Å². The zero-order valence-corrected chi connectivity index (χ0v) is 12.0. The molecule has 21 heavy (non-hydrogen) atoms. The van der Waals surface area contributed by atoms with Gasteiger partial charge in [0, 0.05) is 30.6 Å². The Kier molecular flexibility index (Phi) is 3.31. The van der Waals surface area contributed by atoms with Crippen LogP contribution in [0.4, 0.5) is 5.69 Å². The number of benzene rings is 1. The number of anilines is 1. The minimum Gasteiger partial charge on any atom is -0.311 e. The van der Waals surface area contributed by atoms with E-state index in [1.54, 1.807) is 43.6 Å². The van der Waals surface area contributed by atoms with Crippen molar-refractivity contribution >= 4 is 34.6 Å². The monoisotopic (exact) mass is 298 g/mol. The zero-order chi connectivity index (χ0) is 15.0. The van der Waals surface area contributed by atoms with Crippen molar-refractivity contribution in [1.29, 1.82) is 0 Å². The largest absolute Gasteiger partial charge is 0.311 e. The van der Waals surface area contributed by atoms with Crippen LogP contribution < -0.4 is 4.90 Å². The lowest BCUT2D eigenvalue weighted by Gasteiger charge is -2.08. The van der Waals surface area contributed by atoms with Gasteiger partial charge in [-0.05, 0) is 30.3 Å². The summed E-state index contributed by atoms with van der Waals surface area (Å²) in [6.45, 7) is 0. The second-order valence-corrected chi connectivity index (χ2v) is 5.07. The number of halogens is 1. The van der Waals surface area contributed by atoms with Crippen LogP contribution >= 0.6 is 11.6 Å². The van der Waals surface area contributed by atoms with Crippen LogP contribution in [0.15, 0.2) is 48.8 Å². The van der Waals surface area contributed by atoms with Crippen LogP contribution in [-0.2, 0) is 4.79 Å². The molecule has 0 spiro atoms. The van der Waals surface area contributed by atoms with Crippen LogP contribution in [0.5, 0.6) is 0 Å². The van der Waals surface area contributed by atoms with Crippen LogP contribution in [0.2, 0.25) is 5.02 Å². The van der Waals surface area contributed by atoms with E-state index >= 15 is 0 Å². The van der Waals surface area contributed by atoms with Gasteiger partial charge in [-0.1, -0.05) is 17.7 Å². The predicted molar refractivity (Wildman–Crippen MR) is 81.4 cm³/mol. The maximum absolute atomic E-state index is 12.3. The summed E-state index contributed by atoms with van der Waals surface area (Å²) in [5, 5.41) is 0.454. The van der Waals surface area contributed by atoms with Crippen molar-refractivity contribution in [2.75, 3.05) is 11.9 Å². The number of ketones is 1.